The maximum absolute atomic E-state index is 5.62. The van der Waals surface area contributed by atoms with E-state index in [1.807, 2.05) is 32.0 Å². The van der Waals surface area contributed by atoms with E-state index in [0.717, 1.165) is 36.7 Å². The van der Waals surface area contributed by atoms with E-state index in [1.54, 1.807) is 0 Å². The monoisotopic (exact) mass is 266 g/mol. The van der Waals surface area contributed by atoms with Gasteiger partial charge in [0, 0.05) is 12.6 Å². The van der Waals surface area contributed by atoms with Crippen LogP contribution in [0.15, 0.2) is 18.2 Å². The summed E-state index contributed by atoms with van der Waals surface area (Å²) >= 11 is 0. The summed E-state index contributed by atoms with van der Waals surface area (Å²) in [6.07, 6.45) is 1.09. The molecule has 1 rings (SSSR count). The maximum atomic E-state index is 5.62. The lowest BCUT2D eigenvalue weighted by molar-refractivity contribution is 0.331. The summed E-state index contributed by atoms with van der Waals surface area (Å²) in [5, 5.41) is 3.42. The molecular formula is C15H26N2O2. The highest BCUT2D eigenvalue weighted by Crippen LogP contribution is 2.29. The molecule has 0 radical (unpaired) electrons. The Morgan fingerprint density at radius 1 is 1.11 bits per heavy atom. The molecule has 1 aromatic carbocycles. The first kappa shape index (κ1) is 15.6. The topological polar surface area (TPSA) is 33.7 Å². The largest absolute Gasteiger partial charge is 0.494 e. The van der Waals surface area contributed by atoms with Gasteiger partial charge in [0.15, 0.2) is 0 Å². The van der Waals surface area contributed by atoms with Crippen LogP contribution in [-0.2, 0) is 0 Å². The number of nitrogens with zero attached hydrogens (tertiary/aromatic N) is 1. The average Bonchev–Trinajstić information content (AvgIpc) is 2.37. The first-order valence-electron chi connectivity index (χ1n) is 6.95. The van der Waals surface area contributed by atoms with Crippen LogP contribution in [0.4, 0.5) is 5.69 Å². The molecule has 0 fully saturated rings. The molecule has 0 aliphatic rings. The number of anilines is 1. The summed E-state index contributed by atoms with van der Waals surface area (Å²) in [6, 6.07) is 5.91. The maximum Gasteiger partial charge on any atom is 0.142 e. The van der Waals surface area contributed by atoms with E-state index >= 15 is 0 Å². The van der Waals surface area contributed by atoms with Gasteiger partial charge in [-0.25, -0.2) is 0 Å². The van der Waals surface area contributed by atoms with E-state index in [9.17, 15) is 0 Å². The SMILES string of the molecule is CCOc1ccc(OCC)c(NCCCN(C)C)c1. The molecule has 108 valence electrons. The minimum Gasteiger partial charge on any atom is -0.494 e. The van der Waals surface area contributed by atoms with Crippen LogP contribution in [0, 0.1) is 0 Å². The fourth-order valence-corrected chi connectivity index (χ4v) is 1.80. The number of benzene rings is 1. The van der Waals surface area contributed by atoms with Gasteiger partial charge in [-0.05, 0) is 53.0 Å². The lowest BCUT2D eigenvalue weighted by Crippen LogP contribution is -2.16. The zero-order valence-corrected chi connectivity index (χ0v) is 12.5. The van der Waals surface area contributed by atoms with Crippen LogP contribution in [0.25, 0.3) is 0 Å². The van der Waals surface area contributed by atoms with Crippen molar-refractivity contribution in [1.29, 1.82) is 0 Å². The third kappa shape index (κ3) is 5.83. The normalized spacial score (nSPS) is 10.6. The molecule has 19 heavy (non-hydrogen) atoms. The number of hydrogen-bond acceptors (Lipinski definition) is 4. The van der Waals surface area contributed by atoms with Gasteiger partial charge < -0.3 is 19.7 Å². The van der Waals surface area contributed by atoms with Crippen molar-refractivity contribution in [2.75, 3.05) is 45.7 Å². The molecule has 4 heteroatoms. The molecule has 0 bridgehead atoms. The molecule has 0 unspecified atom stereocenters. The summed E-state index contributed by atoms with van der Waals surface area (Å²) in [5.74, 6) is 1.76. The molecule has 0 aliphatic carbocycles. The van der Waals surface area contributed by atoms with Gasteiger partial charge in [-0.2, -0.15) is 0 Å². The van der Waals surface area contributed by atoms with Crippen LogP contribution >= 0.6 is 0 Å². The fraction of sp³-hybridized carbons (Fsp3) is 0.600. The molecule has 0 aromatic heterocycles. The molecule has 0 heterocycles. The van der Waals surface area contributed by atoms with Crippen molar-refractivity contribution in [2.24, 2.45) is 0 Å². The van der Waals surface area contributed by atoms with Crippen molar-refractivity contribution in [2.45, 2.75) is 20.3 Å². The third-order valence-corrected chi connectivity index (χ3v) is 2.66. The quantitative estimate of drug-likeness (QED) is 0.697. The first-order valence-corrected chi connectivity index (χ1v) is 6.95. The highest BCUT2D eigenvalue weighted by molar-refractivity contribution is 5.59. The lowest BCUT2D eigenvalue weighted by Gasteiger charge is -2.15. The number of rotatable bonds is 9. The average molecular weight is 266 g/mol. The Labute approximate surface area is 116 Å². The number of ether oxygens (including phenoxy) is 2. The van der Waals surface area contributed by atoms with E-state index in [-0.39, 0.29) is 0 Å². The van der Waals surface area contributed by atoms with Gasteiger partial charge in [-0.1, -0.05) is 0 Å². The fourth-order valence-electron chi connectivity index (χ4n) is 1.80. The second-order valence-electron chi connectivity index (χ2n) is 4.61. The highest BCUT2D eigenvalue weighted by atomic mass is 16.5. The van der Waals surface area contributed by atoms with Crippen molar-refractivity contribution < 1.29 is 9.47 Å². The molecule has 0 aliphatic heterocycles. The van der Waals surface area contributed by atoms with Crippen LogP contribution in [0.3, 0.4) is 0 Å². The predicted octanol–water partition coefficient (Wildman–Crippen LogP) is 2.85. The van der Waals surface area contributed by atoms with Gasteiger partial charge in [-0.3, -0.25) is 0 Å². The van der Waals surface area contributed by atoms with Crippen molar-refractivity contribution >= 4 is 5.69 Å². The molecule has 1 N–H and O–H groups in total. The Morgan fingerprint density at radius 2 is 1.84 bits per heavy atom. The van der Waals surface area contributed by atoms with Gasteiger partial charge in [0.25, 0.3) is 0 Å². The molecule has 0 atom stereocenters. The molecule has 0 saturated carbocycles. The molecular weight excluding hydrogens is 240 g/mol. The van der Waals surface area contributed by atoms with Crippen molar-refractivity contribution in [3.05, 3.63) is 18.2 Å². The van der Waals surface area contributed by atoms with E-state index < -0.39 is 0 Å². The van der Waals surface area contributed by atoms with E-state index in [4.69, 9.17) is 9.47 Å². The zero-order chi connectivity index (χ0) is 14.1. The third-order valence-electron chi connectivity index (χ3n) is 2.66. The Morgan fingerprint density at radius 3 is 2.47 bits per heavy atom. The van der Waals surface area contributed by atoms with E-state index in [1.165, 1.54) is 0 Å². The Balaban J connectivity index is 2.62. The van der Waals surface area contributed by atoms with Crippen LogP contribution in [-0.4, -0.2) is 45.3 Å². The molecule has 0 spiro atoms. The second kappa shape index (κ2) is 8.64. The molecule has 1 aromatic rings. The van der Waals surface area contributed by atoms with Crippen LogP contribution in [0.5, 0.6) is 11.5 Å². The van der Waals surface area contributed by atoms with Gasteiger partial charge in [0.05, 0.1) is 18.9 Å². The smallest absolute Gasteiger partial charge is 0.142 e. The van der Waals surface area contributed by atoms with Gasteiger partial charge >= 0.3 is 0 Å². The summed E-state index contributed by atoms with van der Waals surface area (Å²) in [4.78, 5) is 2.18. The van der Waals surface area contributed by atoms with Crippen molar-refractivity contribution in [3.63, 3.8) is 0 Å². The van der Waals surface area contributed by atoms with Crippen LogP contribution < -0.4 is 14.8 Å². The Bertz CT molecular complexity index is 367. The Hall–Kier alpha value is -1.42. The van der Waals surface area contributed by atoms with Gasteiger partial charge in [-0.15, -0.1) is 0 Å². The second-order valence-corrected chi connectivity index (χ2v) is 4.61. The number of hydrogen-bond donors (Lipinski definition) is 1. The van der Waals surface area contributed by atoms with E-state index in [2.05, 4.69) is 24.3 Å². The number of nitrogens with one attached hydrogen (secondary N) is 1. The van der Waals surface area contributed by atoms with Crippen molar-refractivity contribution in [3.8, 4) is 11.5 Å². The summed E-state index contributed by atoms with van der Waals surface area (Å²) in [5.41, 5.74) is 1.01. The van der Waals surface area contributed by atoms with E-state index in [0.29, 0.717) is 13.2 Å². The summed E-state index contributed by atoms with van der Waals surface area (Å²) < 4.78 is 11.1. The van der Waals surface area contributed by atoms with Crippen molar-refractivity contribution in [1.82, 2.24) is 4.90 Å². The predicted molar refractivity (Wildman–Crippen MR) is 80.4 cm³/mol. The van der Waals surface area contributed by atoms with Gasteiger partial charge in [0.2, 0.25) is 0 Å². The zero-order valence-electron chi connectivity index (χ0n) is 12.5. The van der Waals surface area contributed by atoms with Crippen LogP contribution in [0.1, 0.15) is 20.3 Å². The summed E-state index contributed by atoms with van der Waals surface area (Å²) in [7, 11) is 4.17. The molecule has 0 saturated heterocycles. The summed E-state index contributed by atoms with van der Waals surface area (Å²) in [6.45, 7) is 7.32. The minimum absolute atomic E-state index is 0.667. The minimum atomic E-state index is 0.667. The highest BCUT2D eigenvalue weighted by Gasteiger charge is 2.05. The van der Waals surface area contributed by atoms with Gasteiger partial charge in [0.1, 0.15) is 11.5 Å². The van der Waals surface area contributed by atoms with Crippen LogP contribution in [0.2, 0.25) is 0 Å². The Kier molecular flexibility index (Phi) is 7.11. The standard InChI is InChI=1S/C15H26N2O2/c1-5-18-13-8-9-15(19-6-2)14(12-13)16-10-7-11-17(3)4/h8-9,12,16H,5-7,10-11H2,1-4H3. The molecule has 0 amide bonds. The first-order chi connectivity index (χ1) is 9.17. The molecule has 4 nitrogen and oxygen atoms in total. The lowest BCUT2D eigenvalue weighted by atomic mass is 10.2.